The molecule has 0 aromatic heterocycles. The van der Waals surface area contributed by atoms with Crippen molar-refractivity contribution in [3.8, 4) is 11.5 Å². The van der Waals surface area contributed by atoms with E-state index >= 15 is 0 Å². The van der Waals surface area contributed by atoms with Crippen LogP contribution in [0.15, 0.2) is 45.3 Å². The summed E-state index contributed by atoms with van der Waals surface area (Å²) in [5.74, 6) is 1.39. The minimum atomic E-state index is 0.576. The van der Waals surface area contributed by atoms with Crippen molar-refractivity contribution in [2.45, 2.75) is 13.5 Å². The number of halogens is 3. The smallest absolute Gasteiger partial charge is 0.146 e. The molecule has 2 rings (SSSR count). The highest BCUT2D eigenvalue weighted by Crippen LogP contribution is 2.33. The molecule has 106 valence electrons. The summed E-state index contributed by atoms with van der Waals surface area (Å²) >= 11 is 13.1. The van der Waals surface area contributed by atoms with Crippen molar-refractivity contribution < 1.29 is 4.74 Å². The van der Waals surface area contributed by atoms with E-state index in [0.717, 1.165) is 27.8 Å². The van der Waals surface area contributed by atoms with Crippen LogP contribution in [0.4, 0.5) is 0 Å². The van der Waals surface area contributed by atoms with Crippen LogP contribution in [0.2, 0.25) is 5.02 Å². The lowest BCUT2D eigenvalue weighted by Gasteiger charge is -2.10. The molecule has 1 N–H and O–H groups in total. The van der Waals surface area contributed by atoms with E-state index in [-0.39, 0.29) is 0 Å². The van der Waals surface area contributed by atoms with Crippen LogP contribution in [0.1, 0.15) is 12.5 Å². The lowest BCUT2D eigenvalue weighted by atomic mass is 10.2. The Morgan fingerprint density at radius 1 is 1.15 bits per heavy atom. The summed E-state index contributed by atoms with van der Waals surface area (Å²) in [6.45, 7) is 3.86. The SMILES string of the molecule is CCNCc1ccc(Oc2ccc(Br)cc2Cl)cc1Br. The fraction of sp³-hybridized carbons (Fsp3) is 0.200. The molecule has 0 saturated carbocycles. The maximum absolute atomic E-state index is 6.14. The second-order valence-corrected chi connectivity index (χ2v) is 6.39. The average molecular weight is 420 g/mol. The van der Waals surface area contributed by atoms with Crippen molar-refractivity contribution in [1.82, 2.24) is 5.32 Å². The molecule has 0 aliphatic heterocycles. The van der Waals surface area contributed by atoms with Crippen LogP contribution in [0.25, 0.3) is 0 Å². The summed E-state index contributed by atoms with van der Waals surface area (Å²) in [5, 5.41) is 3.87. The number of ether oxygens (including phenoxy) is 1. The van der Waals surface area contributed by atoms with Gasteiger partial charge in [0, 0.05) is 15.5 Å². The Balaban J connectivity index is 2.15. The summed E-state index contributed by atoms with van der Waals surface area (Å²) in [6, 6.07) is 11.5. The molecule has 0 fully saturated rings. The molecule has 0 aliphatic carbocycles. The third-order valence-electron chi connectivity index (χ3n) is 2.71. The standard InChI is InChI=1S/C15H14Br2ClNO/c1-2-19-9-10-3-5-12(8-13(10)17)20-15-6-4-11(16)7-14(15)18/h3-8,19H,2,9H2,1H3. The first-order valence-corrected chi connectivity index (χ1v) is 8.18. The van der Waals surface area contributed by atoms with Gasteiger partial charge in [-0.3, -0.25) is 0 Å². The number of hydrogen-bond acceptors (Lipinski definition) is 2. The van der Waals surface area contributed by atoms with Crippen molar-refractivity contribution in [2.24, 2.45) is 0 Å². The van der Waals surface area contributed by atoms with Crippen molar-refractivity contribution in [2.75, 3.05) is 6.54 Å². The zero-order valence-corrected chi connectivity index (χ0v) is 14.8. The van der Waals surface area contributed by atoms with E-state index in [1.807, 2.05) is 36.4 Å². The van der Waals surface area contributed by atoms with E-state index in [1.54, 1.807) is 0 Å². The van der Waals surface area contributed by atoms with Crippen LogP contribution in [0, 0.1) is 0 Å². The predicted octanol–water partition coefficient (Wildman–Crippen LogP) is 5.77. The summed E-state index contributed by atoms with van der Waals surface area (Å²) in [7, 11) is 0. The summed E-state index contributed by atoms with van der Waals surface area (Å²) in [5.41, 5.74) is 1.20. The average Bonchev–Trinajstić information content (AvgIpc) is 2.41. The van der Waals surface area contributed by atoms with E-state index in [1.165, 1.54) is 5.56 Å². The number of hydrogen-bond donors (Lipinski definition) is 1. The topological polar surface area (TPSA) is 21.3 Å². The molecule has 0 amide bonds. The predicted molar refractivity (Wildman–Crippen MR) is 90.7 cm³/mol. The summed E-state index contributed by atoms with van der Waals surface area (Å²) in [4.78, 5) is 0. The zero-order chi connectivity index (χ0) is 14.5. The van der Waals surface area contributed by atoms with Crippen molar-refractivity contribution in [3.63, 3.8) is 0 Å². The fourth-order valence-corrected chi connectivity index (χ4v) is 2.89. The Morgan fingerprint density at radius 2 is 1.95 bits per heavy atom. The molecule has 2 aromatic rings. The monoisotopic (exact) mass is 417 g/mol. The number of benzene rings is 2. The molecule has 0 unspecified atom stereocenters. The highest BCUT2D eigenvalue weighted by molar-refractivity contribution is 9.10. The van der Waals surface area contributed by atoms with E-state index in [9.17, 15) is 0 Å². The molecule has 0 spiro atoms. The van der Waals surface area contributed by atoms with E-state index < -0.39 is 0 Å². The van der Waals surface area contributed by atoms with Crippen LogP contribution in [0.5, 0.6) is 11.5 Å². The van der Waals surface area contributed by atoms with Gasteiger partial charge in [-0.15, -0.1) is 0 Å². The number of rotatable bonds is 5. The molecule has 2 aromatic carbocycles. The van der Waals surface area contributed by atoms with Gasteiger partial charge in [-0.1, -0.05) is 56.5 Å². The van der Waals surface area contributed by atoms with Gasteiger partial charge in [0.2, 0.25) is 0 Å². The summed E-state index contributed by atoms with van der Waals surface area (Å²) in [6.07, 6.45) is 0. The normalized spacial score (nSPS) is 10.6. The van der Waals surface area contributed by atoms with Gasteiger partial charge < -0.3 is 10.1 Å². The summed E-state index contributed by atoms with van der Waals surface area (Å²) < 4.78 is 7.75. The fourth-order valence-electron chi connectivity index (χ4n) is 1.68. The third kappa shape index (κ3) is 4.22. The van der Waals surface area contributed by atoms with Gasteiger partial charge in [0.1, 0.15) is 11.5 Å². The van der Waals surface area contributed by atoms with E-state index in [0.29, 0.717) is 10.8 Å². The molecular weight excluding hydrogens is 405 g/mol. The molecule has 20 heavy (non-hydrogen) atoms. The van der Waals surface area contributed by atoms with Crippen LogP contribution in [-0.4, -0.2) is 6.54 Å². The molecule has 0 bridgehead atoms. The molecular formula is C15H14Br2ClNO. The zero-order valence-electron chi connectivity index (χ0n) is 10.9. The van der Waals surface area contributed by atoms with Crippen molar-refractivity contribution in [1.29, 1.82) is 0 Å². The lowest BCUT2D eigenvalue weighted by Crippen LogP contribution is -2.11. The van der Waals surface area contributed by atoms with E-state index in [2.05, 4.69) is 44.1 Å². The van der Waals surface area contributed by atoms with Crippen molar-refractivity contribution in [3.05, 3.63) is 55.9 Å². The molecule has 0 radical (unpaired) electrons. The highest BCUT2D eigenvalue weighted by Gasteiger charge is 2.06. The van der Waals surface area contributed by atoms with Gasteiger partial charge in [0.15, 0.2) is 0 Å². The van der Waals surface area contributed by atoms with Gasteiger partial charge >= 0.3 is 0 Å². The molecule has 0 heterocycles. The minimum Gasteiger partial charge on any atom is -0.456 e. The van der Waals surface area contributed by atoms with Gasteiger partial charge in [0.25, 0.3) is 0 Å². The van der Waals surface area contributed by atoms with Crippen LogP contribution >= 0.6 is 43.5 Å². The quantitative estimate of drug-likeness (QED) is 0.665. The Morgan fingerprint density at radius 3 is 2.60 bits per heavy atom. The molecule has 0 atom stereocenters. The maximum atomic E-state index is 6.14. The van der Waals surface area contributed by atoms with Gasteiger partial charge in [-0.05, 0) is 42.4 Å². The van der Waals surface area contributed by atoms with Crippen LogP contribution < -0.4 is 10.1 Å². The van der Waals surface area contributed by atoms with Gasteiger partial charge in [-0.25, -0.2) is 0 Å². The first kappa shape index (κ1) is 15.8. The molecule has 0 saturated heterocycles. The van der Waals surface area contributed by atoms with Gasteiger partial charge in [-0.2, -0.15) is 0 Å². The Kier molecular flexibility index (Phi) is 5.90. The lowest BCUT2D eigenvalue weighted by molar-refractivity contribution is 0.482. The molecule has 0 aliphatic rings. The Bertz CT molecular complexity index is 604. The van der Waals surface area contributed by atoms with E-state index in [4.69, 9.17) is 16.3 Å². The maximum Gasteiger partial charge on any atom is 0.146 e. The number of nitrogens with one attached hydrogen (secondary N) is 1. The van der Waals surface area contributed by atoms with Crippen LogP contribution in [0.3, 0.4) is 0 Å². The second-order valence-electron chi connectivity index (χ2n) is 4.21. The Hall–Kier alpha value is -0.550. The molecule has 2 nitrogen and oxygen atoms in total. The molecule has 5 heteroatoms. The minimum absolute atomic E-state index is 0.576. The van der Waals surface area contributed by atoms with Crippen LogP contribution in [-0.2, 0) is 6.54 Å². The Labute approximate surface area is 140 Å². The highest BCUT2D eigenvalue weighted by atomic mass is 79.9. The van der Waals surface area contributed by atoms with Gasteiger partial charge in [0.05, 0.1) is 5.02 Å². The largest absolute Gasteiger partial charge is 0.456 e. The second kappa shape index (κ2) is 7.46. The first-order valence-electron chi connectivity index (χ1n) is 6.22. The first-order chi connectivity index (χ1) is 9.60. The van der Waals surface area contributed by atoms with Crippen molar-refractivity contribution >= 4 is 43.5 Å². The third-order valence-corrected chi connectivity index (χ3v) is 4.24.